The van der Waals surface area contributed by atoms with Gasteiger partial charge in [-0.25, -0.2) is 8.42 Å². The van der Waals surface area contributed by atoms with Gasteiger partial charge in [0.1, 0.15) is 18.1 Å². The Balaban J connectivity index is 1.82. The van der Waals surface area contributed by atoms with Crippen molar-refractivity contribution in [1.82, 2.24) is 5.16 Å². The van der Waals surface area contributed by atoms with Crippen LogP contribution in [0.15, 0.2) is 57.9 Å². The van der Waals surface area contributed by atoms with Crippen molar-refractivity contribution in [3.63, 3.8) is 0 Å². The van der Waals surface area contributed by atoms with E-state index in [4.69, 9.17) is 9.26 Å². The van der Waals surface area contributed by atoms with Crippen LogP contribution in [-0.2, 0) is 16.6 Å². The fourth-order valence-electron chi connectivity index (χ4n) is 3.08. The molecule has 0 fully saturated rings. The lowest BCUT2D eigenvalue weighted by Gasteiger charge is -2.26. The van der Waals surface area contributed by atoms with Crippen molar-refractivity contribution in [2.45, 2.75) is 46.1 Å². The first-order chi connectivity index (χ1) is 14.2. The molecule has 0 saturated heterocycles. The van der Waals surface area contributed by atoms with Gasteiger partial charge in [0.05, 0.1) is 21.8 Å². The van der Waals surface area contributed by atoms with Crippen LogP contribution in [0.1, 0.15) is 36.4 Å². The first-order valence-electron chi connectivity index (χ1n) is 9.92. The minimum Gasteiger partial charge on any atom is -0.489 e. The normalized spacial score (nSPS) is 11.7. The molecular formula is C23H28N2O4S. The van der Waals surface area contributed by atoms with E-state index in [1.807, 2.05) is 58.9 Å². The molecular weight excluding hydrogens is 400 g/mol. The standard InChI is InChI=1S/C23H28N2O4S/c1-16(2)14-25(20-8-6-17(3)7-9-20)30(26,27)22-12-10-21(11-13-22)28-15-23-18(4)24-29-19(23)5/h6-13,16H,14-15H2,1-5H3. The summed E-state index contributed by atoms with van der Waals surface area (Å²) >= 11 is 0. The summed E-state index contributed by atoms with van der Waals surface area (Å²) in [5, 5.41) is 3.91. The highest BCUT2D eigenvalue weighted by molar-refractivity contribution is 7.92. The van der Waals surface area contributed by atoms with Crippen molar-refractivity contribution < 1.29 is 17.7 Å². The average Bonchev–Trinajstić information content (AvgIpc) is 3.03. The van der Waals surface area contributed by atoms with Crippen molar-refractivity contribution in [1.29, 1.82) is 0 Å². The zero-order valence-corrected chi connectivity index (χ0v) is 18.9. The van der Waals surface area contributed by atoms with Gasteiger partial charge in [0.2, 0.25) is 0 Å². The summed E-state index contributed by atoms with van der Waals surface area (Å²) in [5.74, 6) is 1.48. The molecule has 0 bridgehead atoms. The third-order valence-corrected chi connectivity index (χ3v) is 6.64. The number of hydrogen-bond acceptors (Lipinski definition) is 5. The molecule has 6 nitrogen and oxygen atoms in total. The van der Waals surface area contributed by atoms with Crippen LogP contribution in [0.25, 0.3) is 0 Å². The molecule has 0 aliphatic rings. The maximum Gasteiger partial charge on any atom is 0.264 e. The zero-order valence-electron chi connectivity index (χ0n) is 18.0. The van der Waals surface area contributed by atoms with Crippen LogP contribution in [0.3, 0.4) is 0 Å². The molecule has 3 aromatic rings. The van der Waals surface area contributed by atoms with E-state index in [0.717, 1.165) is 16.8 Å². The zero-order chi connectivity index (χ0) is 21.9. The SMILES string of the molecule is Cc1ccc(N(CC(C)C)S(=O)(=O)c2ccc(OCc3c(C)noc3C)cc2)cc1. The Morgan fingerprint density at radius 1 is 1.00 bits per heavy atom. The van der Waals surface area contributed by atoms with Crippen LogP contribution >= 0.6 is 0 Å². The molecule has 160 valence electrons. The molecule has 0 radical (unpaired) electrons. The number of benzene rings is 2. The molecule has 0 atom stereocenters. The van der Waals surface area contributed by atoms with Crippen molar-refractivity contribution in [3.05, 3.63) is 71.1 Å². The van der Waals surface area contributed by atoms with Crippen LogP contribution < -0.4 is 9.04 Å². The minimum atomic E-state index is -3.70. The second-order valence-electron chi connectivity index (χ2n) is 7.83. The van der Waals surface area contributed by atoms with Gasteiger partial charge >= 0.3 is 0 Å². The molecule has 0 N–H and O–H groups in total. The largest absolute Gasteiger partial charge is 0.489 e. The molecule has 0 amide bonds. The third-order valence-electron chi connectivity index (χ3n) is 4.83. The van der Waals surface area contributed by atoms with E-state index in [1.165, 1.54) is 4.31 Å². The first-order valence-corrected chi connectivity index (χ1v) is 11.4. The molecule has 0 spiro atoms. The Kier molecular flexibility index (Phi) is 6.51. The molecule has 1 heterocycles. The molecule has 0 unspecified atom stereocenters. The van der Waals surface area contributed by atoms with Gasteiger partial charge in [0.25, 0.3) is 10.0 Å². The summed E-state index contributed by atoms with van der Waals surface area (Å²) in [4.78, 5) is 0.230. The Morgan fingerprint density at radius 2 is 1.63 bits per heavy atom. The Morgan fingerprint density at radius 3 is 2.17 bits per heavy atom. The van der Waals surface area contributed by atoms with E-state index < -0.39 is 10.0 Å². The van der Waals surface area contributed by atoms with E-state index in [9.17, 15) is 8.42 Å². The number of nitrogens with zero attached hydrogens (tertiary/aromatic N) is 2. The lowest BCUT2D eigenvalue weighted by Crippen LogP contribution is -2.34. The Bertz CT molecular complexity index is 1070. The van der Waals surface area contributed by atoms with Crippen LogP contribution in [0.5, 0.6) is 5.75 Å². The predicted molar refractivity (Wildman–Crippen MR) is 117 cm³/mol. The number of ether oxygens (including phenoxy) is 1. The molecule has 30 heavy (non-hydrogen) atoms. The lowest BCUT2D eigenvalue weighted by atomic mass is 10.2. The van der Waals surface area contributed by atoms with Crippen molar-refractivity contribution in [2.24, 2.45) is 5.92 Å². The van der Waals surface area contributed by atoms with E-state index in [2.05, 4.69) is 5.16 Å². The molecule has 3 rings (SSSR count). The third kappa shape index (κ3) is 4.84. The van der Waals surface area contributed by atoms with Gasteiger partial charge in [-0.2, -0.15) is 0 Å². The monoisotopic (exact) mass is 428 g/mol. The number of aryl methyl sites for hydroxylation is 3. The summed E-state index contributed by atoms with van der Waals surface area (Å²) < 4.78 is 39.1. The molecule has 0 aliphatic heterocycles. The number of rotatable bonds is 8. The Hall–Kier alpha value is -2.80. The predicted octanol–water partition coefficient (Wildman–Crippen LogP) is 5.03. The summed E-state index contributed by atoms with van der Waals surface area (Å²) in [5.41, 5.74) is 3.43. The van der Waals surface area contributed by atoms with Crippen LogP contribution in [-0.4, -0.2) is 20.1 Å². The van der Waals surface area contributed by atoms with Gasteiger partial charge in [-0.15, -0.1) is 0 Å². The second-order valence-corrected chi connectivity index (χ2v) is 9.69. The second kappa shape index (κ2) is 8.92. The minimum absolute atomic E-state index is 0.179. The maximum atomic E-state index is 13.4. The van der Waals surface area contributed by atoms with Gasteiger partial charge in [-0.1, -0.05) is 36.7 Å². The number of aromatic nitrogens is 1. The first kappa shape index (κ1) is 21.9. The van der Waals surface area contributed by atoms with Crippen molar-refractivity contribution in [3.8, 4) is 5.75 Å². The Labute approximate surface area is 178 Å². The van der Waals surface area contributed by atoms with Gasteiger partial charge in [-0.3, -0.25) is 4.31 Å². The summed E-state index contributed by atoms with van der Waals surface area (Å²) in [6.45, 7) is 10.4. The fraction of sp³-hybridized carbons (Fsp3) is 0.348. The van der Waals surface area contributed by atoms with Crippen molar-refractivity contribution in [2.75, 3.05) is 10.8 Å². The highest BCUT2D eigenvalue weighted by Crippen LogP contribution is 2.27. The fourth-order valence-corrected chi connectivity index (χ4v) is 4.71. The molecule has 1 aromatic heterocycles. The highest BCUT2D eigenvalue weighted by Gasteiger charge is 2.25. The van der Waals surface area contributed by atoms with E-state index in [0.29, 0.717) is 30.3 Å². The average molecular weight is 429 g/mol. The van der Waals surface area contributed by atoms with Crippen LogP contribution in [0.2, 0.25) is 0 Å². The van der Waals surface area contributed by atoms with Gasteiger partial charge < -0.3 is 9.26 Å². The molecule has 0 aliphatic carbocycles. The summed E-state index contributed by atoms with van der Waals surface area (Å²) in [6.07, 6.45) is 0. The van der Waals surface area contributed by atoms with Crippen LogP contribution in [0.4, 0.5) is 5.69 Å². The molecule has 7 heteroatoms. The summed E-state index contributed by atoms with van der Waals surface area (Å²) in [6, 6.07) is 14.0. The number of hydrogen-bond donors (Lipinski definition) is 0. The smallest absolute Gasteiger partial charge is 0.264 e. The van der Waals surface area contributed by atoms with E-state index >= 15 is 0 Å². The lowest BCUT2D eigenvalue weighted by molar-refractivity contribution is 0.301. The topological polar surface area (TPSA) is 72.6 Å². The number of anilines is 1. The maximum absolute atomic E-state index is 13.4. The van der Waals surface area contributed by atoms with Crippen LogP contribution in [0, 0.1) is 26.7 Å². The molecule has 2 aromatic carbocycles. The highest BCUT2D eigenvalue weighted by atomic mass is 32.2. The molecule has 0 saturated carbocycles. The van der Waals surface area contributed by atoms with Crippen molar-refractivity contribution >= 4 is 15.7 Å². The van der Waals surface area contributed by atoms with Gasteiger partial charge in [0, 0.05) is 6.54 Å². The van der Waals surface area contributed by atoms with E-state index in [-0.39, 0.29) is 10.8 Å². The number of sulfonamides is 1. The quantitative estimate of drug-likeness (QED) is 0.503. The van der Waals surface area contributed by atoms with Gasteiger partial charge in [-0.05, 0) is 63.1 Å². The summed E-state index contributed by atoms with van der Waals surface area (Å²) in [7, 11) is -3.70. The van der Waals surface area contributed by atoms with Gasteiger partial charge in [0.15, 0.2) is 0 Å². The van der Waals surface area contributed by atoms with E-state index in [1.54, 1.807) is 24.3 Å².